The van der Waals surface area contributed by atoms with Gasteiger partial charge in [-0.25, -0.2) is 4.68 Å². The summed E-state index contributed by atoms with van der Waals surface area (Å²) in [4.78, 5) is 10.8. The highest BCUT2D eigenvalue weighted by Gasteiger charge is 2.16. The average molecular weight is 242 g/mol. The fourth-order valence-electron chi connectivity index (χ4n) is 1.70. The van der Waals surface area contributed by atoms with E-state index in [4.69, 9.17) is 10.4 Å². The molecular weight excluding hydrogens is 232 g/mol. The van der Waals surface area contributed by atoms with E-state index in [1.807, 2.05) is 36.4 Å². The van der Waals surface area contributed by atoms with Crippen LogP contribution in [0.15, 0.2) is 30.3 Å². The molecule has 0 radical (unpaired) electrons. The van der Waals surface area contributed by atoms with Crippen LogP contribution < -0.4 is 0 Å². The van der Waals surface area contributed by atoms with Crippen LogP contribution >= 0.6 is 0 Å². The number of aliphatic carboxylic acids is 1. The lowest BCUT2D eigenvalue weighted by Gasteiger charge is -2.04. The Morgan fingerprint density at radius 2 is 2.11 bits per heavy atom. The summed E-state index contributed by atoms with van der Waals surface area (Å²) in [6.07, 6.45) is -0.213. The molecule has 0 saturated carbocycles. The molecule has 0 unspecified atom stereocenters. The molecule has 6 heteroatoms. The first kappa shape index (κ1) is 11.8. The van der Waals surface area contributed by atoms with Gasteiger partial charge in [0.05, 0.1) is 18.2 Å². The summed E-state index contributed by atoms with van der Waals surface area (Å²) in [6.45, 7) is 0.0385. The molecule has 0 aliphatic rings. The van der Waals surface area contributed by atoms with Gasteiger partial charge in [0.1, 0.15) is 12.2 Å². The summed E-state index contributed by atoms with van der Waals surface area (Å²) in [7, 11) is 0. The fraction of sp³-hybridized carbons (Fsp3) is 0.167. The Balaban J connectivity index is 2.51. The molecule has 2 aromatic rings. The Kier molecular flexibility index (Phi) is 3.34. The summed E-state index contributed by atoms with van der Waals surface area (Å²) in [5, 5.41) is 25.2. The quantitative estimate of drug-likeness (QED) is 0.866. The highest BCUT2D eigenvalue weighted by Crippen LogP contribution is 2.22. The van der Waals surface area contributed by atoms with Crippen LogP contribution in [0.25, 0.3) is 11.3 Å². The van der Waals surface area contributed by atoms with Crippen LogP contribution in [0.5, 0.6) is 0 Å². The lowest BCUT2D eigenvalue weighted by molar-refractivity contribution is -0.136. The largest absolute Gasteiger partial charge is 0.481 e. The second-order valence-corrected chi connectivity index (χ2v) is 3.64. The number of rotatable bonds is 4. The number of aromatic nitrogens is 3. The molecule has 90 valence electrons. The first-order chi connectivity index (χ1) is 8.72. The number of carbonyl (C=O) groups is 1. The summed E-state index contributed by atoms with van der Waals surface area (Å²) in [5.74, 6) is -0.976. The van der Waals surface area contributed by atoms with Crippen molar-refractivity contribution in [2.75, 3.05) is 0 Å². The van der Waals surface area contributed by atoms with Gasteiger partial charge in [-0.1, -0.05) is 35.5 Å². The zero-order valence-corrected chi connectivity index (χ0v) is 9.45. The van der Waals surface area contributed by atoms with Crippen LogP contribution in [0.3, 0.4) is 0 Å². The number of nitriles is 1. The molecular formula is C12H10N4O2. The molecule has 0 saturated heterocycles. The van der Waals surface area contributed by atoms with Gasteiger partial charge in [0.25, 0.3) is 0 Å². The minimum absolute atomic E-state index is 0.0385. The van der Waals surface area contributed by atoms with Gasteiger partial charge in [-0.2, -0.15) is 5.26 Å². The number of nitrogens with zero attached hydrogens (tertiary/aromatic N) is 4. The van der Waals surface area contributed by atoms with E-state index in [-0.39, 0.29) is 13.0 Å². The third-order valence-electron chi connectivity index (χ3n) is 2.39. The Labute approximate surface area is 103 Å². The minimum atomic E-state index is -0.976. The Bertz CT molecular complexity index is 598. The molecule has 0 atom stereocenters. The van der Waals surface area contributed by atoms with Crippen molar-refractivity contribution in [1.29, 1.82) is 5.26 Å². The number of carboxylic acid groups (broad SMARTS) is 1. The van der Waals surface area contributed by atoms with Gasteiger partial charge >= 0.3 is 5.97 Å². The van der Waals surface area contributed by atoms with Crippen molar-refractivity contribution >= 4 is 5.97 Å². The number of hydrogen-bond donors (Lipinski definition) is 1. The van der Waals surface area contributed by atoms with Gasteiger partial charge in [0.2, 0.25) is 0 Å². The third-order valence-corrected chi connectivity index (χ3v) is 2.39. The number of benzene rings is 1. The van der Waals surface area contributed by atoms with Crippen molar-refractivity contribution in [2.45, 2.75) is 13.0 Å². The molecule has 18 heavy (non-hydrogen) atoms. The molecule has 0 bridgehead atoms. The lowest BCUT2D eigenvalue weighted by atomic mass is 10.1. The van der Waals surface area contributed by atoms with Crippen LogP contribution in [0, 0.1) is 11.3 Å². The Hall–Kier alpha value is -2.68. The van der Waals surface area contributed by atoms with E-state index in [1.54, 1.807) is 0 Å². The Morgan fingerprint density at radius 1 is 1.39 bits per heavy atom. The van der Waals surface area contributed by atoms with Gasteiger partial charge in [-0.05, 0) is 0 Å². The maximum Gasteiger partial charge on any atom is 0.309 e. The maximum absolute atomic E-state index is 10.8. The molecule has 0 spiro atoms. The summed E-state index contributed by atoms with van der Waals surface area (Å²) in [5.41, 5.74) is 1.75. The first-order valence-corrected chi connectivity index (χ1v) is 5.29. The van der Waals surface area contributed by atoms with E-state index in [1.165, 1.54) is 4.68 Å². The second-order valence-electron chi connectivity index (χ2n) is 3.64. The molecule has 0 amide bonds. The SMILES string of the molecule is N#CCn1nnc(CC(=O)O)c1-c1ccccc1. The maximum atomic E-state index is 10.8. The second kappa shape index (κ2) is 5.10. The fourth-order valence-corrected chi connectivity index (χ4v) is 1.70. The molecule has 1 aromatic carbocycles. The topological polar surface area (TPSA) is 91.8 Å². The summed E-state index contributed by atoms with van der Waals surface area (Å²) in [6, 6.07) is 11.2. The van der Waals surface area contributed by atoms with Crippen LogP contribution in [-0.2, 0) is 17.8 Å². The van der Waals surface area contributed by atoms with Crippen molar-refractivity contribution in [3.8, 4) is 17.3 Å². The Morgan fingerprint density at radius 3 is 2.72 bits per heavy atom. The molecule has 0 aliphatic carbocycles. The molecule has 0 fully saturated rings. The molecule has 0 aliphatic heterocycles. The van der Waals surface area contributed by atoms with Crippen molar-refractivity contribution in [3.63, 3.8) is 0 Å². The van der Waals surface area contributed by atoms with E-state index in [0.717, 1.165) is 5.56 Å². The van der Waals surface area contributed by atoms with Crippen molar-refractivity contribution in [3.05, 3.63) is 36.0 Å². The average Bonchev–Trinajstić information content (AvgIpc) is 2.73. The molecule has 2 rings (SSSR count). The van der Waals surface area contributed by atoms with Crippen LogP contribution in [-0.4, -0.2) is 26.1 Å². The van der Waals surface area contributed by atoms with Gasteiger partial charge in [-0.3, -0.25) is 4.79 Å². The van der Waals surface area contributed by atoms with Crippen LogP contribution in [0.1, 0.15) is 5.69 Å². The highest BCUT2D eigenvalue weighted by molar-refractivity contribution is 5.73. The van der Waals surface area contributed by atoms with Crippen molar-refractivity contribution in [2.24, 2.45) is 0 Å². The van der Waals surface area contributed by atoms with E-state index >= 15 is 0 Å². The minimum Gasteiger partial charge on any atom is -0.481 e. The number of carboxylic acids is 1. The van der Waals surface area contributed by atoms with E-state index in [9.17, 15) is 4.79 Å². The monoisotopic (exact) mass is 242 g/mol. The van der Waals surface area contributed by atoms with Gasteiger partial charge < -0.3 is 5.11 Å². The van der Waals surface area contributed by atoms with Gasteiger partial charge in [0, 0.05) is 5.56 Å². The van der Waals surface area contributed by atoms with Crippen LogP contribution in [0.2, 0.25) is 0 Å². The first-order valence-electron chi connectivity index (χ1n) is 5.29. The van der Waals surface area contributed by atoms with E-state index in [0.29, 0.717) is 11.4 Å². The molecule has 1 heterocycles. The highest BCUT2D eigenvalue weighted by atomic mass is 16.4. The predicted molar refractivity (Wildman–Crippen MR) is 62.4 cm³/mol. The zero-order chi connectivity index (χ0) is 13.0. The van der Waals surface area contributed by atoms with Crippen molar-refractivity contribution < 1.29 is 9.90 Å². The van der Waals surface area contributed by atoms with Gasteiger partial charge in [0.15, 0.2) is 0 Å². The lowest BCUT2D eigenvalue weighted by Crippen LogP contribution is -2.04. The van der Waals surface area contributed by atoms with Gasteiger partial charge in [-0.15, -0.1) is 5.10 Å². The molecule has 1 aromatic heterocycles. The predicted octanol–water partition coefficient (Wildman–Crippen LogP) is 1.10. The van der Waals surface area contributed by atoms with E-state index < -0.39 is 5.97 Å². The standard InChI is InChI=1S/C12H10N4O2/c13-6-7-16-12(9-4-2-1-3-5-9)10(14-15-16)8-11(17)18/h1-5H,7-8H2,(H,17,18). The summed E-state index contributed by atoms with van der Waals surface area (Å²) < 4.78 is 1.41. The molecule has 6 nitrogen and oxygen atoms in total. The molecule has 1 N–H and O–H groups in total. The zero-order valence-electron chi connectivity index (χ0n) is 9.45. The third kappa shape index (κ3) is 2.35. The van der Waals surface area contributed by atoms with Crippen LogP contribution in [0.4, 0.5) is 0 Å². The summed E-state index contributed by atoms with van der Waals surface area (Å²) >= 11 is 0. The normalized spacial score (nSPS) is 9.94. The van der Waals surface area contributed by atoms with E-state index in [2.05, 4.69) is 10.3 Å². The van der Waals surface area contributed by atoms with Crippen molar-refractivity contribution in [1.82, 2.24) is 15.0 Å². The number of hydrogen-bond acceptors (Lipinski definition) is 4. The smallest absolute Gasteiger partial charge is 0.309 e.